The Kier molecular flexibility index (Phi) is 5.98. The van der Waals surface area contributed by atoms with Gasteiger partial charge in [0.1, 0.15) is 5.82 Å². The van der Waals surface area contributed by atoms with Crippen molar-refractivity contribution < 1.29 is 27.1 Å². The molecule has 6 nitrogen and oxygen atoms in total. The zero-order valence-electron chi connectivity index (χ0n) is 18.1. The summed E-state index contributed by atoms with van der Waals surface area (Å²) in [5.41, 5.74) is -0.867. The summed E-state index contributed by atoms with van der Waals surface area (Å²) in [6.45, 7) is 3.54. The van der Waals surface area contributed by atoms with Crippen molar-refractivity contribution >= 4 is 21.8 Å². The predicted octanol–water partition coefficient (Wildman–Crippen LogP) is 3.80. The number of rotatable bonds is 8. The summed E-state index contributed by atoms with van der Waals surface area (Å²) in [5, 5.41) is 0. The van der Waals surface area contributed by atoms with E-state index < -0.39 is 39.4 Å². The van der Waals surface area contributed by atoms with Gasteiger partial charge in [-0.15, -0.1) is 0 Å². The van der Waals surface area contributed by atoms with Gasteiger partial charge in [0.2, 0.25) is 10.0 Å². The van der Waals surface area contributed by atoms with Crippen LogP contribution >= 0.6 is 0 Å². The molecule has 0 aliphatic heterocycles. The topological polar surface area (TPSA) is 80.8 Å². The second kappa shape index (κ2) is 8.28. The number of hydrogen-bond donors (Lipinski definition) is 0. The molecule has 4 aliphatic rings. The molecule has 0 N–H and O–H groups in total. The van der Waals surface area contributed by atoms with Crippen LogP contribution in [0.1, 0.15) is 62.7 Å². The van der Waals surface area contributed by atoms with Gasteiger partial charge in [0.15, 0.2) is 12.4 Å². The maximum Gasteiger partial charge on any atom is 0.341 e. The Morgan fingerprint density at radius 2 is 1.61 bits per heavy atom. The molecule has 5 rings (SSSR count). The molecule has 4 bridgehead atoms. The molecule has 0 radical (unpaired) electrons. The number of sulfonamides is 1. The van der Waals surface area contributed by atoms with Crippen LogP contribution in [0.2, 0.25) is 0 Å². The maximum absolute atomic E-state index is 14.3. The molecule has 0 amide bonds. The standard InChI is InChI=1S/C23H30FNO5S/c1-3-25(4-2)31(28,29)18-5-6-20(24)19(10-18)22(27)30-14-21(26)23-11-15-7-16(12-23)9-17(8-15)13-23/h5-6,10,15-17H,3-4,7-9,11-14H2,1-2H3. The lowest BCUT2D eigenvalue weighted by Crippen LogP contribution is -2.51. The number of ether oxygens (including phenoxy) is 1. The average molecular weight is 452 g/mol. The second-order valence-corrected chi connectivity index (χ2v) is 11.4. The fraction of sp³-hybridized carbons (Fsp3) is 0.652. The van der Waals surface area contributed by atoms with E-state index in [4.69, 9.17) is 4.74 Å². The van der Waals surface area contributed by atoms with Crippen LogP contribution in [0.4, 0.5) is 4.39 Å². The van der Waals surface area contributed by atoms with Crippen LogP contribution in [0.3, 0.4) is 0 Å². The molecule has 0 unspecified atom stereocenters. The first kappa shape index (κ1) is 22.4. The normalized spacial score (nSPS) is 29.4. The van der Waals surface area contributed by atoms with Crippen molar-refractivity contribution in [2.24, 2.45) is 23.2 Å². The highest BCUT2D eigenvalue weighted by Gasteiger charge is 2.54. The Hall–Kier alpha value is -1.80. The zero-order chi connectivity index (χ0) is 22.4. The molecule has 0 heterocycles. The highest BCUT2D eigenvalue weighted by molar-refractivity contribution is 7.89. The lowest BCUT2D eigenvalue weighted by molar-refractivity contribution is -0.147. The minimum Gasteiger partial charge on any atom is -0.454 e. The highest BCUT2D eigenvalue weighted by Crippen LogP contribution is 2.60. The number of hydrogen-bond acceptors (Lipinski definition) is 5. The smallest absolute Gasteiger partial charge is 0.341 e. The molecule has 170 valence electrons. The quantitative estimate of drug-likeness (QED) is 0.562. The van der Waals surface area contributed by atoms with Crippen LogP contribution in [0.15, 0.2) is 23.1 Å². The monoisotopic (exact) mass is 451 g/mol. The Labute approximate surface area is 183 Å². The summed E-state index contributed by atoms with van der Waals surface area (Å²) in [7, 11) is -3.84. The van der Waals surface area contributed by atoms with E-state index in [1.807, 2.05) is 0 Å². The Morgan fingerprint density at radius 1 is 1.06 bits per heavy atom. The highest BCUT2D eigenvalue weighted by atomic mass is 32.2. The van der Waals surface area contributed by atoms with E-state index in [0.717, 1.165) is 37.5 Å². The fourth-order valence-corrected chi connectivity index (χ4v) is 7.83. The lowest BCUT2D eigenvalue weighted by atomic mass is 9.48. The van der Waals surface area contributed by atoms with Crippen molar-refractivity contribution in [2.75, 3.05) is 19.7 Å². The van der Waals surface area contributed by atoms with E-state index in [9.17, 15) is 22.4 Å². The van der Waals surface area contributed by atoms with E-state index in [0.29, 0.717) is 17.8 Å². The summed E-state index contributed by atoms with van der Waals surface area (Å²) < 4.78 is 46.2. The van der Waals surface area contributed by atoms with Crippen LogP contribution in [0, 0.1) is 29.0 Å². The fourth-order valence-electron chi connectivity index (χ4n) is 6.35. The van der Waals surface area contributed by atoms with E-state index >= 15 is 0 Å². The number of benzene rings is 1. The summed E-state index contributed by atoms with van der Waals surface area (Å²) >= 11 is 0. The Bertz CT molecular complexity index is 950. The Morgan fingerprint density at radius 3 is 2.13 bits per heavy atom. The number of nitrogens with zero attached hydrogens (tertiary/aromatic N) is 1. The van der Waals surface area contributed by atoms with Crippen LogP contribution < -0.4 is 0 Å². The number of ketones is 1. The first-order valence-corrected chi connectivity index (χ1v) is 12.6. The second-order valence-electron chi connectivity index (χ2n) is 9.43. The van der Waals surface area contributed by atoms with Gasteiger partial charge in [-0.3, -0.25) is 4.79 Å². The van der Waals surface area contributed by atoms with E-state index in [-0.39, 0.29) is 23.8 Å². The third-order valence-corrected chi connectivity index (χ3v) is 9.51. The van der Waals surface area contributed by atoms with Crippen LogP contribution in [-0.4, -0.2) is 44.2 Å². The molecule has 8 heteroatoms. The number of esters is 1. The van der Waals surface area contributed by atoms with Gasteiger partial charge in [0, 0.05) is 18.5 Å². The van der Waals surface area contributed by atoms with Gasteiger partial charge in [-0.05, 0) is 74.5 Å². The summed E-state index contributed by atoms with van der Waals surface area (Å²) in [5.74, 6) is -0.189. The molecule has 0 saturated heterocycles. The van der Waals surface area contributed by atoms with E-state index in [1.165, 1.54) is 23.6 Å². The molecule has 1 aromatic carbocycles. The van der Waals surface area contributed by atoms with Crippen molar-refractivity contribution in [1.29, 1.82) is 0 Å². The molecule has 1 aromatic rings. The van der Waals surface area contributed by atoms with Crippen LogP contribution in [0.25, 0.3) is 0 Å². The Balaban J connectivity index is 1.47. The molecule has 0 aromatic heterocycles. The summed E-state index contributed by atoms with van der Waals surface area (Å²) in [4.78, 5) is 25.4. The van der Waals surface area contributed by atoms with Gasteiger partial charge in [-0.2, -0.15) is 4.31 Å². The van der Waals surface area contributed by atoms with E-state index in [1.54, 1.807) is 13.8 Å². The molecular weight excluding hydrogens is 421 g/mol. The average Bonchev–Trinajstić information content (AvgIpc) is 2.71. The van der Waals surface area contributed by atoms with Crippen molar-refractivity contribution in [3.8, 4) is 0 Å². The summed E-state index contributed by atoms with van der Waals surface area (Å²) in [6, 6.07) is 3.09. The SMILES string of the molecule is CCN(CC)S(=O)(=O)c1ccc(F)c(C(=O)OCC(=O)C23CC4CC(CC(C4)C2)C3)c1. The summed E-state index contributed by atoms with van der Waals surface area (Å²) in [6.07, 6.45) is 6.19. The maximum atomic E-state index is 14.3. The zero-order valence-corrected chi connectivity index (χ0v) is 18.9. The molecule has 0 spiro atoms. The largest absolute Gasteiger partial charge is 0.454 e. The number of halogens is 1. The van der Waals surface area contributed by atoms with Crippen molar-refractivity contribution in [3.63, 3.8) is 0 Å². The van der Waals surface area contributed by atoms with Crippen LogP contribution in [0.5, 0.6) is 0 Å². The molecule has 31 heavy (non-hydrogen) atoms. The first-order chi connectivity index (χ1) is 14.7. The minimum atomic E-state index is -3.84. The van der Waals surface area contributed by atoms with Crippen molar-refractivity contribution in [1.82, 2.24) is 4.31 Å². The van der Waals surface area contributed by atoms with E-state index in [2.05, 4.69) is 0 Å². The van der Waals surface area contributed by atoms with Crippen LogP contribution in [-0.2, 0) is 19.6 Å². The third kappa shape index (κ3) is 4.04. The number of Topliss-reactive ketones (excluding diaryl/α,β-unsaturated/α-hetero) is 1. The van der Waals surface area contributed by atoms with Gasteiger partial charge >= 0.3 is 5.97 Å². The first-order valence-electron chi connectivity index (χ1n) is 11.2. The molecule has 4 saturated carbocycles. The number of carbonyl (C=O) groups is 2. The molecule has 0 atom stereocenters. The van der Waals surface area contributed by atoms with Gasteiger partial charge in [-0.25, -0.2) is 17.6 Å². The minimum absolute atomic E-state index is 0.0766. The van der Waals surface area contributed by atoms with Gasteiger partial charge in [-0.1, -0.05) is 13.8 Å². The third-order valence-electron chi connectivity index (χ3n) is 7.47. The molecular formula is C23H30FNO5S. The number of carbonyl (C=O) groups excluding carboxylic acids is 2. The molecule has 4 aliphatic carbocycles. The van der Waals surface area contributed by atoms with Gasteiger partial charge in [0.05, 0.1) is 10.5 Å². The van der Waals surface area contributed by atoms with Gasteiger partial charge in [0.25, 0.3) is 0 Å². The van der Waals surface area contributed by atoms with Crippen molar-refractivity contribution in [3.05, 3.63) is 29.6 Å². The predicted molar refractivity (Wildman–Crippen MR) is 112 cm³/mol. The van der Waals surface area contributed by atoms with Gasteiger partial charge < -0.3 is 4.74 Å². The molecule has 4 fully saturated rings. The van der Waals surface area contributed by atoms with Crippen molar-refractivity contribution in [2.45, 2.75) is 57.3 Å². The lowest BCUT2D eigenvalue weighted by Gasteiger charge is -2.55.